The Morgan fingerprint density at radius 2 is 1.34 bits per heavy atom. The van der Waals surface area contributed by atoms with Crippen LogP contribution in [-0.2, 0) is 0 Å². The van der Waals surface area contributed by atoms with E-state index in [1.54, 1.807) is 0 Å². The summed E-state index contributed by atoms with van der Waals surface area (Å²) in [4.78, 5) is 8.99. The van der Waals surface area contributed by atoms with Gasteiger partial charge in [0, 0.05) is 0 Å². The Bertz CT molecular complexity index is 784. The molecule has 1 aliphatic carbocycles. The van der Waals surface area contributed by atoms with E-state index in [1.807, 2.05) is 61.9 Å². The monoisotopic (exact) mass is 522 g/mol. The topological polar surface area (TPSA) is 46.2 Å². The summed E-state index contributed by atoms with van der Waals surface area (Å²) < 4.78 is 1.87. The van der Waals surface area contributed by atoms with E-state index < -0.39 is 32.3 Å². The van der Waals surface area contributed by atoms with Gasteiger partial charge in [0.2, 0.25) is 0 Å². The minimum absolute atomic E-state index is 0.437. The molecule has 1 saturated carbocycles. The van der Waals surface area contributed by atoms with E-state index >= 15 is 0 Å². The van der Waals surface area contributed by atoms with Crippen molar-refractivity contribution in [3.05, 3.63) is 24.3 Å². The summed E-state index contributed by atoms with van der Waals surface area (Å²) in [5.74, 6) is 0. The van der Waals surface area contributed by atoms with Crippen LogP contribution in [0.15, 0.2) is 24.3 Å². The van der Waals surface area contributed by atoms with Crippen LogP contribution in [0.2, 0.25) is 0 Å². The first-order chi connectivity index (χ1) is 13.6. The Kier molecular flexibility index (Phi) is 9.26. The Balaban J connectivity index is 0.000000221. The molecule has 1 fully saturated rings. The molecular formula is C17H22Cl6N5O+. The van der Waals surface area contributed by atoms with Crippen LogP contribution < -0.4 is 4.84 Å². The second-order valence-electron chi connectivity index (χ2n) is 6.78. The summed E-state index contributed by atoms with van der Waals surface area (Å²) in [6.45, 7) is 0. The number of hydrogen-bond donors (Lipinski definition) is 0. The maximum atomic E-state index is 5.88. The van der Waals surface area contributed by atoms with Crippen LogP contribution in [0.3, 0.4) is 0 Å². The van der Waals surface area contributed by atoms with Crippen LogP contribution in [0.5, 0.6) is 0 Å². The first-order valence-corrected chi connectivity index (χ1v) is 11.2. The van der Waals surface area contributed by atoms with E-state index in [-0.39, 0.29) is 0 Å². The Morgan fingerprint density at radius 1 is 0.897 bits per heavy atom. The van der Waals surface area contributed by atoms with Crippen molar-refractivity contribution in [3.8, 4) is 0 Å². The van der Waals surface area contributed by atoms with Crippen molar-refractivity contribution in [1.29, 1.82) is 0 Å². The molecule has 1 aromatic heterocycles. The van der Waals surface area contributed by atoms with Crippen LogP contribution in [-0.4, -0.2) is 91.1 Å². The molecule has 1 heterocycles. The molecule has 29 heavy (non-hydrogen) atoms. The highest BCUT2D eigenvalue weighted by molar-refractivity contribution is 6.45. The summed E-state index contributed by atoms with van der Waals surface area (Å²) in [5.41, 5.74) is 1.65. The highest BCUT2D eigenvalue weighted by Crippen LogP contribution is 2.39. The van der Waals surface area contributed by atoms with Gasteiger partial charge in [-0.05, 0) is 17.3 Å². The number of nitrogens with zero attached hydrogens (tertiary/aromatic N) is 5. The molecule has 3 rings (SSSR count). The zero-order chi connectivity index (χ0) is 21.9. The largest absolute Gasteiger partial charge is 0.471 e. The molecule has 0 saturated heterocycles. The molecule has 6 nitrogen and oxygen atoms in total. The van der Waals surface area contributed by atoms with Gasteiger partial charge in [0.25, 0.3) is 0 Å². The van der Waals surface area contributed by atoms with Gasteiger partial charge in [-0.3, -0.25) is 4.84 Å². The number of amidine groups is 1. The van der Waals surface area contributed by atoms with Crippen molar-refractivity contribution in [2.75, 3.05) is 28.2 Å². The molecule has 0 N–H and O–H groups in total. The van der Waals surface area contributed by atoms with Crippen molar-refractivity contribution in [2.45, 2.75) is 32.3 Å². The molecule has 0 atom stereocenters. The lowest BCUT2D eigenvalue weighted by Crippen LogP contribution is -2.52. The molecule has 0 unspecified atom stereocenters. The minimum atomic E-state index is -0.437. The van der Waals surface area contributed by atoms with Crippen LogP contribution in [0, 0.1) is 0 Å². The fourth-order valence-corrected chi connectivity index (χ4v) is 4.94. The van der Waals surface area contributed by atoms with Gasteiger partial charge >= 0.3 is 6.02 Å². The van der Waals surface area contributed by atoms with Gasteiger partial charge < -0.3 is 0 Å². The predicted octanol–water partition coefficient (Wildman–Crippen LogP) is 3.69. The third-order valence-corrected chi connectivity index (χ3v) is 8.11. The Hall–Kier alpha value is -0.370. The standard InChI is InChI=1S/C11H16N5O.C6H6Cl6/c1-14(2)11(15(3)4)17-16-10-8-6-5-7-9(10)12-13-16;7-1-2(8)4(10)6(12)5(11)3(1)9/h5-8H,1-4H3;1-6H/q+1;. The average molecular weight is 525 g/mol. The summed E-state index contributed by atoms with van der Waals surface area (Å²) in [7, 11) is 7.64. The molecule has 12 heteroatoms. The molecule has 2 aromatic rings. The third kappa shape index (κ3) is 5.86. The molecule has 0 amide bonds. The second kappa shape index (κ2) is 10.8. The number of hydrogen-bond acceptors (Lipinski definition) is 3. The molecule has 0 bridgehead atoms. The summed E-state index contributed by atoms with van der Waals surface area (Å²) >= 11 is 35.3. The van der Waals surface area contributed by atoms with Crippen LogP contribution in [0.25, 0.3) is 11.0 Å². The predicted molar refractivity (Wildman–Crippen MR) is 123 cm³/mol. The number of fused-ring (bicyclic) bond motifs is 1. The molecular weight excluding hydrogens is 503 g/mol. The van der Waals surface area contributed by atoms with Gasteiger partial charge in [0.15, 0.2) is 0 Å². The van der Waals surface area contributed by atoms with Crippen molar-refractivity contribution >= 4 is 86.7 Å². The van der Waals surface area contributed by atoms with Gasteiger partial charge in [-0.1, -0.05) is 17.0 Å². The number of para-hydroxylation sites is 1. The first kappa shape index (κ1) is 24.9. The number of aromatic nitrogens is 3. The van der Waals surface area contributed by atoms with Crippen LogP contribution in [0.4, 0.5) is 0 Å². The highest BCUT2D eigenvalue weighted by atomic mass is 35.5. The maximum Gasteiger partial charge on any atom is 0.471 e. The zero-order valence-corrected chi connectivity index (χ0v) is 20.7. The quantitative estimate of drug-likeness (QED) is 0.247. The number of benzene rings is 1. The van der Waals surface area contributed by atoms with Crippen LogP contribution in [0.1, 0.15) is 0 Å². The summed E-state index contributed by atoms with van der Waals surface area (Å²) in [6.07, 6.45) is 0. The lowest BCUT2D eigenvalue weighted by Gasteiger charge is -2.37. The Morgan fingerprint density at radius 3 is 1.76 bits per heavy atom. The lowest BCUT2D eigenvalue weighted by molar-refractivity contribution is -0.480. The van der Waals surface area contributed by atoms with E-state index in [0.717, 1.165) is 11.0 Å². The summed E-state index contributed by atoms with van der Waals surface area (Å²) in [6, 6.07) is 8.34. The first-order valence-electron chi connectivity index (χ1n) is 8.61. The number of halogens is 6. The van der Waals surface area contributed by atoms with Crippen molar-refractivity contribution < 1.29 is 9.41 Å². The highest BCUT2D eigenvalue weighted by Gasteiger charge is 2.46. The van der Waals surface area contributed by atoms with E-state index in [0.29, 0.717) is 6.02 Å². The van der Waals surface area contributed by atoms with E-state index in [2.05, 4.69) is 10.3 Å². The molecule has 0 radical (unpaired) electrons. The molecule has 162 valence electrons. The smallest absolute Gasteiger partial charge is 0.278 e. The lowest BCUT2D eigenvalue weighted by atomic mass is 9.97. The van der Waals surface area contributed by atoms with Gasteiger partial charge in [-0.15, -0.1) is 74.7 Å². The fourth-order valence-electron chi connectivity index (χ4n) is 2.61. The van der Waals surface area contributed by atoms with Crippen molar-refractivity contribution in [2.24, 2.45) is 0 Å². The molecule has 0 spiro atoms. The summed E-state index contributed by atoms with van der Waals surface area (Å²) in [5, 5.41) is 5.38. The number of rotatable bonds is 1. The fraction of sp³-hybridized carbons (Fsp3) is 0.588. The van der Waals surface area contributed by atoms with Crippen molar-refractivity contribution in [1.82, 2.24) is 20.1 Å². The minimum Gasteiger partial charge on any atom is -0.278 e. The average Bonchev–Trinajstić information content (AvgIpc) is 3.10. The third-order valence-electron chi connectivity index (χ3n) is 4.08. The molecule has 1 aliphatic rings. The molecule has 1 aromatic carbocycles. The molecule has 0 aliphatic heterocycles. The van der Waals surface area contributed by atoms with Gasteiger partial charge in [-0.25, -0.2) is 9.48 Å². The zero-order valence-electron chi connectivity index (χ0n) is 16.2. The van der Waals surface area contributed by atoms with Crippen molar-refractivity contribution in [3.63, 3.8) is 0 Å². The second-order valence-corrected chi connectivity index (χ2v) is 9.80. The SMILES string of the molecule is CN(C)C(On1nnc2ccccc21)=[N+](C)C.ClC1C(Cl)C(Cl)C(Cl)C(Cl)C1Cl. The number of alkyl halides is 6. The Labute approximate surface area is 200 Å². The van der Waals surface area contributed by atoms with Crippen LogP contribution >= 0.6 is 69.6 Å². The normalized spacial score (nSPS) is 29.0. The van der Waals surface area contributed by atoms with Gasteiger partial charge in [0.05, 0.1) is 60.5 Å². The van der Waals surface area contributed by atoms with E-state index in [4.69, 9.17) is 74.4 Å². The van der Waals surface area contributed by atoms with E-state index in [1.165, 1.54) is 4.85 Å². The maximum absolute atomic E-state index is 5.88. The van der Waals surface area contributed by atoms with Gasteiger partial charge in [-0.2, -0.15) is 0 Å². The van der Waals surface area contributed by atoms with E-state index in [9.17, 15) is 0 Å². The van der Waals surface area contributed by atoms with Gasteiger partial charge in [0.1, 0.15) is 11.0 Å².